The van der Waals surface area contributed by atoms with Crippen molar-refractivity contribution >= 4 is 11.7 Å². The summed E-state index contributed by atoms with van der Waals surface area (Å²) in [7, 11) is 0. The van der Waals surface area contributed by atoms with Crippen LogP contribution in [0.4, 0.5) is 0 Å². The van der Waals surface area contributed by atoms with Crippen LogP contribution in [-0.2, 0) is 9.63 Å². The van der Waals surface area contributed by atoms with Gasteiger partial charge in [-0.05, 0) is 104 Å². The van der Waals surface area contributed by atoms with E-state index in [1.165, 1.54) is 71.1 Å². The summed E-state index contributed by atoms with van der Waals surface area (Å²) in [6.45, 7) is 13.9. The van der Waals surface area contributed by atoms with Crippen LogP contribution in [0.5, 0.6) is 0 Å². The molecule has 0 bridgehead atoms. The molecule has 0 heterocycles. The molecule has 4 aliphatic rings. The van der Waals surface area contributed by atoms with Gasteiger partial charge >= 0.3 is 5.97 Å². The van der Waals surface area contributed by atoms with Crippen LogP contribution in [0.2, 0.25) is 0 Å². The zero-order chi connectivity index (χ0) is 23.1. The van der Waals surface area contributed by atoms with Gasteiger partial charge in [-0.3, -0.25) is 0 Å². The number of hydrogen-bond acceptors (Lipinski definition) is 3. The number of carbonyl (C=O) groups excluding carboxylic acids is 1. The average molecular weight is 442 g/mol. The molecule has 0 amide bonds. The van der Waals surface area contributed by atoms with Crippen molar-refractivity contribution in [1.82, 2.24) is 0 Å². The Balaban J connectivity index is 1.47. The first-order chi connectivity index (χ1) is 15.1. The summed E-state index contributed by atoms with van der Waals surface area (Å²) in [4.78, 5) is 16.1. The van der Waals surface area contributed by atoms with Crippen LogP contribution < -0.4 is 0 Å². The molecule has 3 fully saturated rings. The van der Waals surface area contributed by atoms with Crippen LogP contribution >= 0.6 is 0 Å². The van der Waals surface area contributed by atoms with E-state index in [1.54, 1.807) is 5.57 Å². The van der Waals surface area contributed by atoms with Crippen LogP contribution in [0, 0.1) is 46.3 Å². The topological polar surface area (TPSA) is 38.7 Å². The lowest BCUT2D eigenvalue weighted by Crippen LogP contribution is -2.51. The zero-order valence-electron chi connectivity index (χ0n) is 21.6. The van der Waals surface area contributed by atoms with Crippen molar-refractivity contribution in [3.63, 3.8) is 0 Å². The number of oxime groups is 1. The molecule has 0 spiro atoms. The van der Waals surface area contributed by atoms with Crippen molar-refractivity contribution in [3.05, 3.63) is 11.6 Å². The Bertz CT molecular complexity index is 767. The summed E-state index contributed by atoms with van der Waals surface area (Å²) in [6.07, 6.45) is 16.9. The third-order valence-electron chi connectivity index (χ3n) is 10.5. The average Bonchev–Trinajstić information content (AvgIpc) is 3.09. The molecular formula is C29H47NO2. The summed E-state index contributed by atoms with van der Waals surface area (Å²) in [5.41, 5.74) is 3.42. The quantitative estimate of drug-likeness (QED) is 0.310. The zero-order valence-corrected chi connectivity index (χ0v) is 21.6. The van der Waals surface area contributed by atoms with Crippen molar-refractivity contribution in [3.8, 4) is 0 Å². The van der Waals surface area contributed by atoms with Gasteiger partial charge in [-0.25, -0.2) is 4.79 Å². The van der Waals surface area contributed by atoms with Gasteiger partial charge in [0.05, 0.1) is 5.71 Å². The van der Waals surface area contributed by atoms with Gasteiger partial charge in [-0.15, -0.1) is 0 Å². The van der Waals surface area contributed by atoms with Crippen molar-refractivity contribution in [2.75, 3.05) is 0 Å². The molecule has 180 valence electrons. The predicted molar refractivity (Wildman–Crippen MR) is 132 cm³/mol. The van der Waals surface area contributed by atoms with Crippen LogP contribution in [0.1, 0.15) is 112 Å². The van der Waals surface area contributed by atoms with E-state index in [1.807, 2.05) is 0 Å². The Labute approximate surface area is 196 Å². The van der Waals surface area contributed by atoms with Crippen molar-refractivity contribution in [2.45, 2.75) is 112 Å². The second kappa shape index (κ2) is 9.26. The highest BCUT2D eigenvalue weighted by Gasteiger charge is 2.59. The fourth-order valence-electron chi connectivity index (χ4n) is 8.79. The third-order valence-corrected chi connectivity index (χ3v) is 10.5. The number of carbonyl (C=O) groups is 1. The molecule has 3 saturated carbocycles. The molecule has 7 atom stereocenters. The molecule has 4 aliphatic carbocycles. The maximum Gasteiger partial charge on any atom is 0.331 e. The summed E-state index contributed by atoms with van der Waals surface area (Å²) in [6, 6.07) is 0. The summed E-state index contributed by atoms with van der Waals surface area (Å²) >= 11 is 0. The predicted octanol–water partition coefficient (Wildman–Crippen LogP) is 7.95. The highest BCUT2D eigenvalue weighted by atomic mass is 16.7. The highest BCUT2D eigenvalue weighted by molar-refractivity contribution is 5.96. The maximum absolute atomic E-state index is 11.2. The maximum atomic E-state index is 11.2. The van der Waals surface area contributed by atoms with Crippen LogP contribution in [0.3, 0.4) is 0 Å². The first kappa shape index (κ1) is 24.0. The fraction of sp³-hybridized carbons (Fsp3) is 0.862. The van der Waals surface area contributed by atoms with Gasteiger partial charge in [0.25, 0.3) is 0 Å². The van der Waals surface area contributed by atoms with E-state index in [4.69, 9.17) is 4.84 Å². The van der Waals surface area contributed by atoms with Crippen LogP contribution in [0.25, 0.3) is 0 Å². The second-order valence-electron chi connectivity index (χ2n) is 12.7. The molecule has 3 nitrogen and oxygen atoms in total. The molecule has 4 rings (SSSR count). The van der Waals surface area contributed by atoms with Gasteiger partial charge in [0.2, 0.25) is 0 Å². The Hall–Kier alpha value is -1.12. The molecule has 0 unspecified atom stereocenters. The molecule has 0 N–H and O–H groups in total. The van der Waals surface area contributed by atoms with Gasteiger partial charge in [0, 0.05) is 6.92 Å². The number of hydrogen-bond donors (Lipinski definition) is 0. The summed E-state index contributed by atoms with van der Waals surface area (Å²) in [5, 5.41) is 4.13. The lowest BCUT2D eigenvalue weighted by atomic mass is 9.46. The fourth-order valence-corrected chi connectivity index (χ4v) is 8.79. The smallest absolute Gasteiger partial charge is 0.318 e. The van der Waals surface area contributed by atoms with E-state index in [2.05, 4.69) is 45.9 Å². The minimum atomic E-state index is -0.325. The molecule has 0 aliphatic heterocycles. The molecule has 0 aromatic heterocycles. The Morgan fingerprint density at radius 2 is 1.84 bits per heavy atom. The van der Waals surface area contributed by atoms with Gasteiger partial charge in [0.1, 0.15) is 0 Å². The van der Waals surface area contributed by atoms with Crippen molar-refractivity contribution in [2.24, 2.45) is 51.5 Å². The van der Waals surface area contributed by atoms with E-state index < -0.39 is 0 Å². The molecule has 0 aromatic carbocycles. The Morgan fingerprint density at radius 3 is 2.56 bits per heavy atom. The first-order valence-electron chi connectivity index (χ1n) is 13.6. The Kier molecular flexibility index (Phi) is 6.95. The van der Waals surface area contributed by atoms with E-state index >= 15 is 0 Å². The number of fused-ring (bicyclic) bond motifs is 5. The molecule has 0 radical (unpaired) electrons. The lowest BCUT2D eigenvalue weighted by molar-refractivity contribution is -0.140. The number of allylic oxidation sites excluding steroid dienone is 2. The van der Waals surface area contributed by atoms with Crippen molar-refractivity contribution in [1.29, 1.82) is 0 Å². The van der Waals surface area contributed by atoms with E-state index in [-0.39, 0.29) is 5.97 Å². The van der Waals surface area contributed by atoms with Crippen molar-refractivity contribution < 1.29 is 9.63 Å². The third kappa shape index (κ3) is 4.34. The molecule has 0 aromatic rings. The molecule has 3 heteroatoms. The molecular weight excluding hydrogens is 394 g/mol. The van der Waals surface area contributed by atoms with E-state index in [9.17, 15) is 4.79 Å². The second-order valence-corrected chi connectivity index (χ2v) is 12.7. The monoisotopic (exact) mass is 441 g/mol. The summed E-state index contributed by atoms with van der Waals surface area (Å²) < 4.78 is 0. The standard InChI is InChI=1S/C29H47NO2/c1-19(2)8-7-9-20(3)25-12-13-26-24-11-10-22-18-23(30-32-21(4)31)14-16-28(22,5)27(24)15-17-29(25,26)6/h18-20,24-27H,7-17H2,1-6H3/b30-23+/t20-,24+,25-,26+,27+,28+,29-/m1/s1. The summed E-state index contributed by atoms with van der Waals surface area (Å²) in [5.74, 6) is 4.97. The number of nitrogens with zero attached hydrogens (tertiary/aromatic N) is 1. The lowest BCUT2D eigenvalue weighted by Gasteiger charge is -2.58. The first-order valence-corrected chi connectivity index (χ1v) is 13.6. The molecule has 0 saturated heterocycles. The Morgan fingerprint density at radius 1 is 1.06 bits per heavy atom. The van der Waals surface area contributed by atoms with Crippen LogP contribution in [0.15, 0.2) is 16.8 Å². The minimum Gasteiger partial charge on any atom is -0.318 e. The number of rotatable bonds is 6. The highest BCUT2D eigenvalue weighted by Crippen LogP contribution is 2.67. The SMILES string of the molecule is CC(=O)O/N=C1/C=C2CC[C@H]3[C@@H]4CC[C@H]([C@H](C)CCCC(C)C)[C@@]4(C)CC[C@@H]3[C@@]2(C)CC1. The largest absolute Gasteiger partial charge is 0.331 e. The van der Waals surface area contributed by atoms with E-state index in [0.29, 0.717) is 10.8 Å². The van der Waals surface area contributed by atoms with E-state index in [0.717, 1.165) is 47.6 Å². The van der Waals surface area contributed by atoms with Gasteiger partial charge in [-0.2, -0.15) is 0 Å². The minimum absolute atomic E-state index is 0.320. The van der Waals surface area contributed by atoms with Gasteiger partial charge in [0.15, 0.2) is 0 Å². The van der Waals surface area contributed by atoms with Gasteiger partial charge in [-0.1, -0.05) is 64.6 Å². The normalized spacial score (nSPS) is 41.0. The van der Waals surface area contributed by atoms with Gasteiger partial charge < -0.3 is 4.84 Å². The van der Waals surface area contributed by atoms with Crippen LogP contribution in [-0.4, -0.2) is 11.7 Å². The molecule has 32 heavy (non-hydrogen) atoms.